The lowest BCUT2D eigenvalue weighted by atomic mass is 9.92. The average molecular weight is 330 g/mol. The van der Waals surface area contributed by atoms with Crippen molar-refractivity contribution < 1.29 is 22.7 Å². The summed E-state index contributed by atoms with van der Waals surface area (Å²) in [5, 5.41) is 0. The number of carbonyl (C=O) groups excluding carboxylic acids is 1. The molecule has 0 spiro atoms. The molecule has 0 saturated carbocycles. The number of benzene rings is 1. The van der Waals surface area contributed by atoms with Gasteiger partial charge in [-0.2, -0.15) is 13.2 Å². The maximum absolute atomic E-state index is 12.5. The fourth-order valence-electron chi connectivity index (χ4n) is 2.64. The van der Waals surface area contributed by atoms with Crippen molar-refractivity contribution in [2.45, 2.75) is 32.0 Å². The molecule has 1 aromatic carbocycles. The molecule has 1 aliphatic heterocycles. The number of likely N-dealkylation sites (tertiary alicyclic amines) is 1. The van der Waals surface area contributed by atoms with Crippen LogP contribution in [0.5, 0.6) is 5.75 Å². The van der Waals surface area contributed by atoms with E-state index in [0.717, 1.165) is 25.0 Å². The van der Waals surface area contributed by atoms with E-state index >= 15 is 0 Å². The monoisotopic (exact) mass is 330 g/mol. The topological polar surface area (TPSA) is 55.6 Å². The Hall–Kier alpha value is -1.76. The summed E-state index contributed by atoms with van der Waals surface area (Å²) in [6.45, 7) is 3.01. The normalized spacial score (nSPS) is 20.2. The molecule has 0 unspecified atom stereocenters. The lowest BCUT2D eigenvalue weighted by Crippen LogP contribution is -2.46. The van der Waals surface area contributed by atoms with E-state index in [2.05, 4.69) is 0 Å². The van der Waals surface area contributed by atoms with E-state index < -0.39 is 11.7 Å². The third-order valence-corrected chi connectivity index (χ3v) is 4.10. The Morgan fingerprint density at radius 3 is 2.61 bits per heavy atom. The van der Waals surface area contributed by atoms with Crippen LogP contribution in [0.2, 0.25) is 0 Å². The highest BCUT2D eigenvalue weighted by Gasteiger charge is 2.30. The zero-order valence-electron chi connectivity index (χ0n) is 13.0. The first-order valence-corrected chi connectivity index (χ1v) is 7.61. The maximum atomic E-state index is 12.5. The molecule has 0 radical (unpaired) electrons. The molecule has 0 aromatic heterocycles. The quantitative estimate of drug-likeness (QED) is 0.923. The lowest BCUT2D eigenvalue weighted by molar-refractivity contribution is -0.138. The van der Waals surface area contributed by atoms with Gasteiger partial charge in [-0.05, 0) is 49.9 Å². The van der Waals surface area contributed by atoms with Crippen LogP contribution in [0.25, 0.3) is 0 Å². The number of ether oxygens (including phenoxy) is 1. The molecule has 2 rings (SSSR count). The van der Waals surface area contributed by atoms with Crippen LogP contribution in [0, 0.1) is 5.92 Å². The lowest BCUT2D eigenvalue weighted by Gasteiger charge is -2.34. The second-order valence-electron chi connectivity index (χ2n) is 5.91. The van der Waals surface area contributed by atoms with Crippen LogP contribution in [0.4, 0.5) is 13.2 Å². The van der Waals surface area contributed by atoms with Crippen molar-refractivity contribution in [3.8, 4) is 5.75 Å². The van der Waals surface area contributed by atoms with E-state index in [-0.39, 0.29) is 30.2 Å². The number of rotatable bonds is 4. The fourth-order valence-corrected chi connectivity index (χ4v) is 2.64. The zero-order chi connectivity index (χ0) is 17.0. The van der Waals surface area contributed by atoms with E-state index in [0.29, 0.717) is 13.1 Å². The molecule has 0 aliphatic carbocycles. The van der Waals surface area contributed by atoms with E-state index in [1.807, 2.05) is 6.92 Å². The third kappa shape index (κ3) is 4.86. The zero-order valence-corrected chi connectivity index (χ0v) is 13.0. The Labute approximate surface area is 133 Å². The maximum Gasteiger partial charge on any atom is 0.416 e. The van der Waals surface area contributed by atoms with Gasteiger partial charge in [-0.1, -0.05) is 0 Å². The summed E-state index contributed by atoms with van der Waals surface area (Å²) in [7, 11) is 0. The molecular weight excluding hydrogens is 309 g/mol. The van der Waals surface area contributed by atoms with Crippen molar-refractivity contribution in [3.63, 3.8) is 0 Å². The van der Waals surface area contributed by atoms with Crippen molar-refractivity contribution >= 4 is 5.91 Å². The van der Waals surface area contributed by atoms with Gasteiger partial charge in [-0.25, -0.2) is 0 Å². The number of hydrogen-bond donors (Lipinski definition) is 1. The van der Waals surface area contributed by atoms with Gasteiger partial charge in [-0.15, -0.1) is 0 Å². The first-order chi connectivity index (χ1) is 10.8. The number of amides is 1. The number of nitrogens with zero attached hydrogens (tertiary/aromatic N) is 1. The minimum absolute atomic E-state index is 0.0291. The van der Waals surface area contributed by atoms with Crippen molar-refractivity contribution in [2.24, 2.45) is 11.7 Å². The summed E-state index contributed by atoms with van der Waals surface area (Å²) in [4.78, 5) is 13.9. The Bertz CT molecular complexity index is 529. The molecule has 23 heavy (non-hydrogen) atoms. The molecular formula is C16H21F3N2O2. The van der Waals surface area contributed by atoms with Crippen molar-refractivity contribution in [3.05, 3.63) is 29.8 Å². The van der Waals surface area contributed by atoms with Gasteiger partial charge >= 0.3 is 6.18 Å². The van der Waals surface area contributed by atoms with Crippen LogP contribution in [0.1, 0.15) is 25.3 Å². The van der Waals surface area contributed by atoms with Gasteiger partial charge in [0.15, 0.2) is 6.61 Å². The SMILES string of the molecule is C[C@H](N)[C@@H]1CCCN(C(=O)COc2ccc(C(F)(F)F)cc2)C1. The highest BCUT2D eigenvalue weighted by molar-refractivity contribution is 5.77. The summed E-state index contributed by atoms with van der Waals surface area (Å²) < 4.78 is 42.7. The van der Waals surface area contributed by atoms with E-state index in [4.69, 9.17) is 10.5 Å². The number of carbonyl (C=O) groups is 1. The van der Waals surface area contributed by atoms with E-state index in [1.54, 1.807) is 4.90 Å². The van der Waals surface area contributed by atoms with Gasteiger partial charge < -0.3 is 15.4 Å². The molecule has 7 heteroatoms. The summed E-state index contributed by atoms with van der Waals surface area (Å²) in [5.74, 6) is 0.348. The Balaban J connectivity index is 1.86. The first kappa shape index (κ1) is 17.6. The Morgan fingerprint density at radius 2 is 2.04 bits per heavy atom. The number of nitrogens with two attached hydrogens (primary N) is 1. The Kier molecular flexibility index (Phi) is 5.51. The second-order valence-corrected chi connectivity index (χ2v) is 5.91. The number of hydrogen-bond acceptors (Lipinski definition) is 3. The number of halogens is 3. The second kappa shape index (κ2) is 7.21. The molecule has 0 bridgehead atoms. The predicted molar refractivity (Wildman–Crippen MR) is 79.9 cm³/mol. The number of alkyl halides is 3. The van der Waals surface area contributed by atoms with E-state index in [9.17, 15) is 18.0 Å². The minimum Gasteiger partial charge on any atom is -0.484 e. The van der Waals surface area contributed by atoms with Crippen molar-refractivity contribution in [1.82, 2.24) is 4.90 Å². The summed E-state index contributed by atoms with van der Waals surface area (Å²) in [5.41, 5.74) is 5.14. The smallest absolute Gasteiger partial charge is 0.416 e. The molecule has 2 N–H and O–H groups in total. The number of piperidine rings is 1. The van der Waals surface area contributed by atoms with Gasteiger partial charge in [0.05, 0.1) is 5.56 Å². The van der Waals surface area contributed by atoms with Gasteiger partial charge in [0.1, 0.15) is 5.75 Å². The molecule has 1 aliphatic rings. The molecule has 1 amide bonds. The molecule has 128 valence electrons. The van der Waals surface area contributed by atoms with Gasteiger partial charge in [-0.3, -0.25) is 4.79 Å². The summed E-state index contributed by atoms with van der Waals surface area (Å²) in [6.07, 6.45) is -2.48. The van der Waals surface area contributed by atoms with Crippen LogP contribution in [-0.2, 0) is 11.0 Å². The van der Waals surface area contributed by atoms with E-state index in [1.165, 1.54) is 12.1 Å². The summed E-state index contributed by atoms with van der Waals surface area (Å²) in [6, 6.07) is 4.34. The van der Waals surface area contributed by atoms with Gasteiger partial charge in [0.25, 0.3) is 5.91 Å². The molecule has 1 fully saturated rings. The van der Waals surface area contributed by atoms with Gasteiger partial charge in [0.2, 0.25) is 0 Å². The van der Waals surface area contributed by atoms with Crippen LogP contribution in [0.3, 0.4) is 0 Å². The van der Waals surface area contributed by atoms with Crippen LogP contribution < -0.4 is 10.5 Å². The minimum atomic E-state index is -4.38. The third-order valence-electron chi connectivity index (χ3n) is 4.10. The van der Waals surface area contributed by atoms with Crippen LogP contribution >= 0.6 is 0 Å². The standard InChI is InChI=1S/C16H21F3N2O2/c1-11(20)12-3-2-8-21(9-12)15(22)10-23-14-6-4-13(5-7-14)16(17,18)19/h4-7,11-12H,2-3,8-10,20H2,1H3/t11-,12+/m0/s1. The molecule has 2 atom stereocenters. The highest BCUT2D eigenvalue weighted by Crippen LogP contribution is 2.30. The molecule has 1 aromatic rings. The van der Waals surface area contributed by atoms with Crippen molar-refractivity contribution in [1.29, 1.82) is 0 Å². The van der Waals surface area contributed by atoms with Crippen LogP contribution in [0.15, 0.2) is 24.3 Å². The average Bonchev–Trinajstić information content (AvgIpc) is 2.52. The molecule has 1 heterocycles. The predicted octanol–water partition coefficient (Wildman–Crippen LogP) is 2.67. The van der Waals surface area contributed by atoms with Crippen molar-refractivity contribution in [2.75, 3.05) is 19.7 Å². The van der Waals surface area contributed by atoms with Gasteiger partial charge in [0, 0.05) is 19.1 Å². The first-order valence-electron chi connectivity index (χ1n) is 7.61. The van der Waals surface area contributed by atoms with Crippen LogP contribution in [-0.4, -0.2) is 36.5 Å². The highest BCUT2D eigenvalue weighted by atomic mass is 19.4. The molecule has 4 nitrogen and oxygen atoms in total. The molecule has 1 saturated heterocycles. The largest absolute Gasteiger partial charge is 0.484 e. The fraction of sp³-hybridized carbons (Fsp3) is 0.562. The Morgan fingerprint density at radius 1 is 1.39 bits per heavy atom. The summed E-state index contributed by atoms with van der Waals surface area (Å²) >= 11 is 0.